The van der Waals surface area contributed by atoms with Gasteiger partial charge in [-0.3, -0.25) is 14.6 Å². The highest BCUT2D eigenvalue weighted by Gasteiger charge is 2.62. The number of pyridine rings is 1. The van der Waals surface area contributed by atoms with E-state index in [1.54, 1.807) is 11.1 Å². The number of benzene rings is 1. The van der Waals surface area contributed by atoms with Crippen LogP contribution in [-0.2, 0) is 16.0 Å². The van der Waals surface area contributed by atoms with Gasteiger partial charge in [-0.05, 0) is 61.1 Å². The summed E-state index contributed by atoms with van der Waals surface area (Å²) in [5, 5.41) is 0. The summed E-state index contributed by atoms with van der Waals surface area (Å²) in [5.41, 5.74) is 3.05. The molecule has 2 amide bonds. The first kappa shape index (κ1) is 21.2. The second-order valence-corrected chi connectivity index (χ2v) is 10.4. The fourth-order valence-electron chi connectivity index (χ4n) is 6.13. The van der Waals surface area contributed by atoms with Gasteiger partial charge in [0.1, 0.15) is 0 Å². The van der Waals surface area contributed by atoms with Gasteiger partial charge in [0, 0.05) is 51.1 Å². The van der Waals surface area contributed by atoms with E-state index in [0.29, 0.717) is 24.3 Å². The summed E-state index contributed by atoms with van der Waals surface area (Å²) in [6, 6.07) is 12.3. The van der Waals surface area contributed by atoms with Gasteiger partial charge in [-0.2, -0.15) is 0 Å². The van der Waals surface area contributed by atoms with Gasteiger partial charge in [0.2, 0.25) is 11.8 Å². The number of hydrogen-bond acceptors (Lipinski definition) is 3. The van der Waals surface area contributed by atoms with Crippen molar-refractivity contribution < 1.29 is 9.59 Å². The van der Waals surface area contributed by atoms with E-state index < -0.39 is 5.41 Å². The first-order valence-corrected chi connectivity index (χ1v) is 11.9. The van der Waals surface area contributed by atoms with Crippen LogP contribution in [0.4, 0.5) is 0 Å². The Balaban J connectivity index is 1.44. The Bertz CT molecular complexity index is 1010. The molecule has 3 fully saturated rings. The predicted octanol–water partition coefficient (Wildman–Crippen LogP) is 4.18. The van der Waals surface area contributed by atoms with Crippen LogP contribution >= 0.6 is 0 Å². The first-order valence-electron chi connectivity index (χ1n) is 11.9. The molecule has 1 saturated heterocycles. The molecule has 2 aromatic rings. The first-order chi connectivity index (χ1) is 15.4. The molecular weight excluding hydrogens is 398 g/mol. The second-order valence-electron chi connectivity index (χ2n) is 10.4. The summed E-state index contributed by atoms with van der Waals surface area (Å²) in [6.45, 7) is 1.30. The van der Waals surface area contributed by atoms with Crippen LogP contribution in [0, 0.1) is 16.7 Å². The molecule has 2 aliphatic carbocycles. The maximum atomic E-state index is 13.6. The van der Waals surface area contributed by atoms with Crippen molar-refractivity contribution in [1.29, 1.82) is 0 Å². The zero-order valence-corrected chi connectivity index (χ0v) is 19.2. The molecule has 5 nitrogen and oxygen atoms in total. The lowest BCUT2D eigenvalue weighted by molar-refractivity contribution is -0.148. The highest BCUT2D eigenvalue weighted by atomic mass is 16.2. The van der Waals surface area contributed by atoms with E-state index in [1.807, 2.05) is 43.4 Å². The summed E-state index contributed by atoms with van der Waals surface area (Å²) < 4.78 is 0. The Kier molecular flexibility index (Phi) is 5.31. The number of carbonyl (C=O) groups is 2. The van der Waals surface area contributed by atoms with Gasteiger partial charge in [-0.15, -0.1) is 0 Å². The van der Waals surface area contributed by atoms with Crippen LogP contribution in [0.2, 0.25) is 0 Å². The Morgan fingerprint density at radius 2 is 1.91 bits per heavy atom. The van der Waals surface area contributed by atoms with Gasteiger partial charge < -0.3 is 9.80 Å². The largest absolute Gasteiger partial charge is 0.348 e. The zero-order chi connectivity index (χ0) is 22.3. The highest BCUT2D eigenvalue weighted by Crippen LogP contribution is 2.66. The van der Waals surface area contributed by atoms with Crippen LogP contribution in [-0.4, -0.2) is 53.8 Å². The highest BCUT2D eigenvalue weighted by molar-refractivity contribution is 5.87. The number of nitrogens with zero attached hydrogens (tertiary/aromatic N) is 3. The van der Waals surface area contributed by atoms with Crippen LogP contribution in [0.1, 0.15) is 44.1 Å². The molecule has 0 radical (unpaired) electrons. The third kappa shape index (κ3) is 3.62. The van der Waals surface area contributed by atoms with Crippen molar-refractivity contribution in [2.75, 3.05) is 27.2 Å². The van der Waals surface area contributed by atoms with E-state index in [2.05, 4.69) is 23.2 Å². The number of hydrogen-bond donors (Lipinski definition) is 0. The fraction of sp³-hybridized carbons (Fsp3) is 0.519. The van der Waals surface area contributed by atoms with Crippen molar-refractivity contribution in [2.24, 2.45) is 16.7 Å². The maximum absolute atomic E-state index is 13.6. The molecule has 1 aromatic heterocycles. The molecule has 32 heavy (non-hydrogen) atoms. The molecule has 5 rings (SSSR count). The number of rotatable bonds is 5. The molecule has 0 unspecified atom stereocenters. The van der Waals surface area contributed by atoms with E-state index in [-0.39, 0.29) is 11.8 Å². The third-order valence-electron chi connectivity index (χ3n) is 8.10. The molecule has 1 spiro atoms. The fourth-order valence-corrected chi connectivity index (χ4v) is 6.13. The summed E-state index contributed by atoms with van der Waals surface area (Å²) in [7, 11) is 3.67. The average Bonchev–Trinajstić information content (AvgIpc) is 3.56. The Labute approximate surface area is 190 Å². The number of likely N-dealkylation sites (tertiary alicyclic amines) is 1. The summed E-state index contributed by atoms with van der Waals surface area (Å²) in [5.74, 6) is 0.621. The van der Waals surface area contributed by atoms with Crippen LogP contribution in [0.3, 0.4) is 0 Å². The van der Waals surface area contributed by atoms with E-state index in [1.165, 1.54) is 19.3 Å². The van der Waals surface area contributed by atoms with Crippen molar-refractivity contribution in [3.63, 3.8) is 0 Å². The van der Waals surface area contributed by atoms with E-state index in [4.69, 9.17) is 0 Å². The van der Waals surface area contributed by atoms with Gasteiger partial charge in [-0.25, -0.2) is 0 Å². The van der Waals surface area contributed by atoms with Crippen molar-refractivity contribution >= 4 is 11.8 Å². The van der Waals surface area contributed by atoms with Crippen molar-refractivity contribution in [3.05, 3.63) is 54.4 Å². The van der Waals surface area contributed by atoms with E-state index >= 15 is 0 Å². The molecule has 2 heterocycles. The molecule has 2 atom stereocenters. The molecule has 3 aliphatic rings. The number of carbonyl (C=O) groups excluding carboxylic acids is 2. The van der Waals surface area contributed by atoms with Crippen LogP contribution in [0.25, 0.3) is 11.1 Å². The molecule has 0 N–H and O–H groups in total. The minimum absolute atomic E-state index is 0.130. The molecule has 168 valence electrons. The quantitative estimate of drug-likeness (QED) is 0.714. The van der Waals surface area contributed by atoms with Gasteiger partial charge in [-0.1, -0.05) is 36.8 Å². The van der Waals surface area contributed by atoms with E-state index in [0.717, 1.165) is 42.5 Å². The predicted molar refractivity (Wildman–Crippen MR) is 125 cm³/mol. The molecule has 2 saturated carbocycles. The van der Waals surface area contributed by atoms with Crippen molar-refractivity contribution in [3.8, 4) is 11.1 Å². The second kappa shape index (κ2) is 8.02. The van der Waals surface area contributed by atoms with Gasteiger partial charge >= 0.3 is 0 Å². The zero-order valence-electron chi connectivity index (χ0n) is 19.2. The number of amides is 2. The minimum atomic E-state index is -0.586. The van der Waals surface area contributed by atoms with Crippen LogP contribution in [0.5, 0.6) is 0 Å². The molecule has 1 aromatic carbocycles. The summed E-state index contributed by atoms with van der Waals surface area (Å²) in [4.78, 5) is 35.0. The smallest absolute Gasteiger partial charge is 0.230 e. The van der Waals surface area contributed by atoms with Gasteiger partial charge in [0.05, 0.1) is 5.41 Å². The lowest BCUT2D eigenvalue weighted by Gasteiger charge is -2.44. The van der Waals surface area contributed by atoms with Crippen molar-refractivity contribution in [1.82, 2.24) is 14.8 Å². The van der Waals surface area contributed by atoms with Crippen molar-refractivity contribution in [2.45, 2.75) is 44.9 Å². The molecule has 1 aliphatic heterocycles. The van der Waals surface area contributed by atoms with E-state index in [9.17, 15) is 9.59 Å². The summed E-state index contributed by atoms with van der Waals surface area (Å²) in [6.07, 6.45) is 10.7. The average molecular weight is 432 g/mol. The Morgan fingerprint density at radius 1 is 1.09 bits per heavy atom. The standard InChI is InChI=1S/C27H33N3O2/c1-29(2)25(32)27(16-20-8-3-4-10-22(20)21-9-5-14-28-18-21)13-7-15-30(19-27)24(31)23-17-26(23)11-6-12-26/h3-5,8-10,14,18,23H,6-7,11-13,15-17,19H2,1-2H3/t23-,27+/m0/s1. The molecular formula is C27H33N3O2. The molecule has 5 heteroatoms. The SMILES string of the molecule is CN(C)C(=O)[C@@]1(Cc2ccccc2-c2cccnc2)CCCN(C(=O)[C@@H]2CC23CCC3)C1. The van der Waals surface area contributed by atoms with Gasteiger partial charge in [0.15, 0.2) is 0 Å². The maximum Gasteiger partial charge on any atom is 0.230 e. The normalized spacial score (nSPS) is 25.8. The number of aromatic nitrogens is 1. The third-order valence-corrected chi connectivity index (χ3v) is 8.10. The van der Waals surface area contributed by atoms with Crippen LogP contribution in [0.15, 0.2) is 48.8 Å². The lowest BCUT2D eigenvalue weighted by atomic mass is 9.72. The lowest BCUT2D eigenvalue weighted by Crippen LogP contribution is -2.54. The summed E-state index contributed by atoms with van der Waals surface area (Å²) >= 11 is 0. The van der Waals surface area contributed by atoms with Crippen LogP contribution < -0.4 is 0 Å². The Morgan fingerprint density at radius 3 is 2.56 bits per heavy atom. The topological polar surface area (TPSA) is 53.5 Å². The molecule has 0 bridgehead atoms. The Hall–Kier alpha value is -2.69. The minimum Gasteiger partial charge on any atom is -0.348 e. The monoisotopic (exact) mass is 431 g/mol. The number of piperidine rings is 1. The van der Waals surface area contributed by atoms with Gasteiger partial charge in [0.25, 0.3) is 0 Å².